The molecule has 0 aromatic heterocycles. The summed E-state index contributed by atoms with van der Waals surface area (Å²) in [6, 6.07) is 2.26. The highest BCUT2D eigenvalue weighted by Gasteiger charge is 2.53. The minimum Gasteiger partial charge on any atom is -0.372 e. The van der Waals surface area contributed by atoms with Gasteiger partial charge in [0.05, 0.1) is 12.2 Å². The molecule has 5 nitrogen and oxygen atoms in total. The summed E-state index contributed by atoms with van der Waals surface area (Å²) in [7, 11) is 0. The van der Waals surface area contributed by atoms with Crippen molar-refractivity contribution < 1.29 is 9.53 Å². The molecule has 3 unspecified atom stereocenters. The van der Waals surface area contributed by atoms with Crippen molar-refractivity contribution in [3.63, 3.8) is 0 Å². The first kappa shape index (κ1) is 18.8. The fraction of sp³-hybridized carbons (Fsp3) is 0.818. The maximum absolute atomic E-state index is 12.9. The number of morpholine rings is 1. The van der Waals surface area contributed by atoms with Crippen molar-refractivity contribution in [1.82, 2.24) is 10.2 Å². The minimum absolute atomic E-state index is 0.110. The van der Waals surface area contributed by atoms with Gasteiger partial charge in [0, 0.05) is 25.3 Å². The Morgan fingerprint density at radius 2 is 1.67 bits per heavy atom. The van der Waals surface area contributed by atoms with Crippen LogP contribution in [-0.4, -0.2) is 42.1 Å². The fourth-order valence-electron chi connectivity index (χ4n) is 6.78. The summed E-state index contributed by atoms with van der Waals surface area (Å²) in [5.41, 5.74) is 0.473. The predicted molar refractivity (Wildman–Crippen MR) is 103 cm³/mol. The van der Waals surface area contributed by atoms with Crippen LogP contribution in [0, 0.1) is 34.5 Å². The minimum atomic E-state index is -0.215. The summed E-state index contributed by atoms with van der Waals surface area (Å²) in [5, 5.41) is 12.8. The molecule has 1 N–H and O–H groups in total. The lowest BCUT2D eigenvalue weighted by molar-refractivity contribution is -0.122. The first-order chi connectivity index (χ1) is 12.9. The number of carbonyl (C=O) groups excluding carboxylic acids is 1. The van der Waals surface area contributed by atoms with Gasteiger partial charge in [-0.1, -0.05) is 0 Å². The molecule has 148 valence electrons. The molecular weight excluding hydrogens is 338 g/mol. The van der Waals surface area contributed by atoms with Crippen LogP contribution in [0.15, 0.2) is 11.8 Å². The highest BCUT2D eigenvalue weighted by molar-refractivity contribution is 5.97. The van der Waals surface area contributed by atoms with Gasteiger partial charge in [0.2, 0.25) is 0 Å². The molecule has 0 radical (unpaired) electrons. The van der Waals surface area contributed by atoms with Crippen molar-refractivity contribution in [2.45, 2.75) is 77.5 Å². The largest absolute Gasteiger partial charge is 0.372 e. The number of nitrogens with one attached hydrogen (secondary N) is 1. The van der Waals surface area contributed by atoms with Gasteiger partial charge >= 0.3 is 0 Å². The number of rotatable bonds is 4. The molecule has 5 heteroatoms. The van der Waals surface area contributed by atoms with Gasteiger partial charge in [0.25, 0.3) is 5.91 Å². The Morgan fingerprint density at radius 1 is 1.15 bits per heavy atom. The molecule has 1 amide bonds. The Morgan fingerprint density at radius 3 is 2.15 bits per heavy atom. The van der Waals surface area contributed by atoms with Crippen LogP contribution in [-0.2, 0) is 9.53 Å². The van der Waals surface area contributed by atoms with Gasteiger partial charge in [-0.3, -0.25) is 4.79 Å². The van der Waals surface area contributed by atoms with Crippen molar-refractivity contribution in [3.05, 3.63) is 11.8 Å². The van der Waals surface area contributed by atoms with E-state index >= 15 is 0 Å². The fourth-order valence-corrected chi connectivity index (χ4v) is 6.78. The Balaban J connectivity index is 1.43. The van der Waals surface area contributed by atoms with Gasteiger partial charge in [-0.2, -0.15) is 5.26 Å². The van der Waals surface area contributed by atoms with Crippen molar-refractivity contribution in [3.8, 4) is 6.07 Å². The normalized spacial score (nSPS) is 41.9. The van der Waals surface area contributed by atoms with E-state index in [9.17, 15) is 10.1 Å². The molecule has 5 rings (SSSR count). The lowest BCUT2D eigenvalue weighted by Gasteiger charge is -2.59. The molecule has 4 aliphatic carbocycles. The summed E-state index contributed by atoms with van der Waals surface area (Å²) in [6.45, 7) is 7.65. The first-order valence-corrected chi connectivity index (χ1v) is 10.7. The van der Waals surface area contributed by atoms with Crippen LogP contribution < -0.4 is 5.32 Å². The van der Waals surface area contributed by atoms with Gasteiger partial charge in [-0.25, -0.2) is 0 Å². The number of amides is 1. The second kappa shape index (κ2) is 7.13. The summed E-state index contributed by atoms with van der Waals surface area (Å²) >= 11 is 0. The van der Waals surface area contributed by atoms with Gasteiger partial charge in [0.1, 0.15) is 11.6 Å². The van der Waals surface area contributed by atoms with Gasteiger partial charge in [0.15, 0.2) is 0 Å². The van der Waals surface area contributed by atoms with Crippen molar-refractivity contribution in [2.24, 2.45) is 23.2 Å². The van der Waals surface area contributed by atoms with Crippen LogP contribution in [0.2, 0.25) is 0 Å². The average molecular weight is 372 g/mol. The van der Waals surface area contributed by atoms with Crippen molar-refractivity contribution in [1.29, 1.82) is 5.26 Å². The standard InChI is InChI=1S/C22H33N3O2/c1-14-11-25(12-15(2)27-14)13-20(10-23)21(26)24-16(3)22-7-17-4-18(8-22)6-19(5-17)9-22/h13-19H,4-9,11-12H2,1-3H3,(H,24,26)/b20-13-. The molecule has 0 spiro atoms. The molecule has 4 bridgehead atoms. The summed E-state index contributed by atoms with van der Waals surface area (Å²) in [4.78, 5) is 14.9. The monoisotopic (exact) mass is 371 g/mol. The molecule has 27 heavy (non-hydrogen) atoms. The molecule has 1 saturated heterocycles. The van der Waals surface area contributed by atoms with Crippen LogP contribution >= 0.6 is 0 Å². The third-order valence-electron chi connectivity index (χ3n) is 7.48. The molecule has 5 aliphatic rings. The van der Waals surface area contributed by atoms with Crippen LogP contribution in [0.5, 0.6) is 0 Å². The smallest absolute Gasteiger partial charge is 0.263 e. The lowest BCUT2D eigenvalue weighted by atomic mass is 9.48. The van der Waals surface area contributed by atoms with Crippen LogP contribution in [0.1, 0.15) is 59.3 Å². The third-order valence-corrected chi connectivity index (χ3v) is 7.48. The first-order valence-electron chi connectivity index (χ1n) is 10.7. The average Bonchev–Trinajstić information content (AvgIpc) is 2.57. The number of hydrogen-bond acceptors (Lipinski definition) is 4. The summed E-state index contributed by atoms with van der Waals surface area (Å²) < 4.78 is 5.74. The van der Waals surface area contributed by atoms with E-state index in [-0.39, 0.29) is 35.1 Å². The molecule has 1 aliphatic heterocycles. The predicted octanol–water partition coefficient (Wildman–Crippen LogP) is 3.22. The zero-order valence-electron chi connectivity index (χ0n) is 16.9. The number of nitrogens with zero attached hydrogens (tertiary/aromatic N) is 2. The maximum Gasteiger partial charge on any atom is 0.263 e. The lowest BCUT2D eigenvalue weighted by Crippen LogP contribution is -2.56. The summed E-state index contributed by atoms with van der Waals surface area (Å²) in [5.74, 6) is 2.36. The number of carbonyl (C=O) groups is 1. The van der Waals surface area contributed by atoms with E-state index in [1.54, 1.807) is 6.20 Å². The van der Waals surface area contributed by atoms with Crippen LogP contribution in [0.4, 0.5) is 0 Å². The quantitative estimate of drug-likeness (QED) is 0.609. The zero-order chi connectivity index (χ0) is 19.2. The Hall–Kier alpha value is -1.54. The van der Waals surface area contributed by atoms with E-state index < -0.39 is 0 Å². The molecule has 3 atom stereocenters. The van der Waals surface area contributed by atoms with Crippen molar-refractivity contribution >= 4 is 5.91 Å². The molecule has 0 aromatic rings. The second-order valence-electron chi connectivity index (χ2n) is 9.84. The van der Waals surface area contributed by atoms with E-state index in [0.29, 0.717) is 13.1 Å². The van der Waals surface area contributed by atoms with E-state index in [1.165, 1.54) is 38.5 Å². The maximum atomic E-state index is 12.9. The van der Waals surface area contributed by atoms with E-state index in [1.807, 2.05) is 18.7 Å². The highest BCUT2D eigenvalue weighted by atomic mass is 16.5. The van der Waals surface area contributed by atoms with Gasteiger partial charge in [-0.15, -0.1) is 0 Å². The number of nitriles is 1. The zero-order valence-corrected chi connectivity index (χ0v) is 16.9. The molecular formula is C22H33N3O2. The Bertz CT molecular complexity index is 620. The SMILES string of the molecule is CC1CN(/C=C(/C#N)C(=O)NC(C)C23CC4CC(CC(C4)C2)C3)CC(C)O1. The number of hydrogen-bond donors (Lipinski definition) is 1. The Kier molecular flexibility index (Phi) is 4.96. The molecule has 0 aromatic carbocycles. The molecule has 5 fully saturated rings. The highest BCUT2D eigenvalue weighted by Crippen LogP contribution is 2.61. The van der Waals surface area contributed by atoms with Crippen LogP contribution in [0.3, 0.4) is 0 Å². The topological polar surface area (TPSA) is 65.4 Å². The second-order valence-corrected chi connectivity index (χ2v) is 9.84. The molecule has 4 saturated carbocycles. The van der Waals surface area contributed by atoms with Crippen LogP contribution in [0.25, 0.3) is 0 Å². The van der Waals surface area contributed by atoms with Gasteiger partial charge < -0.3 is 15.0 Å². The molecule has 1 heterocycles. The van der Waals surface area contributed by atoms with E-state index in [4.69, 9.17) is 4.74 Å². The van der Waals surface area contributed by atoms with E-state index in [2.05, 4.69) is 18.3 Å². The van der Waals surface area contributed by atoms with Crippen molar-refractivity contribution in [2.75, 3.05) is 13.1 Å². The number of ether oxygens (including phenoxy) is 1. The van der Waals surface area contributed by atoms with E-state index in [0.717, 1.165) is 17.8 Å². The third kappa shape index (κ3) is 3.74. The van der Waals surface area contributed by atoms with Gasteiger partial charge in [-0.05, 0) is 82.5 Å². The Labute approximate surface area is 163 Å². The summed E-state index contributed by atoms with van der Waals surface area (Å²) in [6.07, 6.45) is 9.92.